The van der Waals surface area contributed by atoms with Crippen LogP contribution in [0.1, 0.15) is 0 Å². The Morgan fingerprint density at radius 3 is 2.31 bits per heavy atom. The van der Waals surface area contributed by atoms with Crippen molar-refractivity contribution < 1.29 is 0 Å². The van der Waals surface area contributed by atoms with Crippen LogP contribution < -0.4 is 17.1 Å². The van der Waals surface area contributed by atoms with Crippen LogP contribution in [-0.4, -0.2) is 19.5 Å². The summed E-state index contributed by atoms with van der Waals surface area (Å²) in [6, 6.07) is 4.73. The van der Waals surface area contributed by atoms with Crippen LogP contribution in [0, 0.1) is 0 Å². The summed E-state index contributed by atoms with van der Waals surface area (Å²) in [6.45, 7) is 0. The normalized spacial score (nSPS) is 10.3. The Hall–Kier alpha value is -1.96. The van der Waals surface area contributed by atoms with Gasteiger partial charge < -0.3 is 0 Å². The van der Waals surface area contributed by atoms with Crippen molar-refractivity contribution in [2.45, 2.75) is 0 Å². The van der Waals surface area contributed by atoms with E-state index < -0.39 is 17.1 Å². The summed E-state index contributed by atoms with van der Waals surface area (Å²) in [5.41, 5.74) is -2.51. The molecule has 2 aromatic heterocycles. The lowest BCUT2D eigenvalue weighted by Gasteiger charge is -2.01. The van der Waals surface area contributed by atoms with Crippen molar-refractivity contribution in [2.75, 3.05) is 0 Å². The van der Waals surface area contributed by atoms with E-state index in [2.05, 4.69) is 20.9 Å². The first-order chi connectivity index (χ1) is 7.58. The molecule has 2 aromatic rings. The lowest BCUT2D eigenvalue weighted by atomic mass is 10.4. The molecule has 0 atom stereocenters. The standard InChI is InChI=1S/C8H5BrN4O3/c9-4-2-1-3-5(10-4)13-7(15)11-6(14)12-8(13)16/h1-3H,(H2,11,12,14,15,16). The molecular formula is C8H5BrN4O3. The summed E-state index contributed by atoms with van der Waals surface area (Å²) in [7, 11) is 0. The summed E-state index contributed by atoms with van der Waals surface area (Å²) < 4.78 is 1.20. The minimum Gasteiger partial charge on any atom is -0.258 e. The van der Waals surface area contributed by atoms with E-state index in [0.717, 1.165) is 4.57 Å². The first-order valence-electron chi connectivity index (χ1n) is 4.16. The zero-order valence-electron chi connectivity index (χ0n) is 7.73. The number of nitrogens with zero attached hydrogens (tertiary/aromatic N) is 2. The number of aromatic amines is 2. The third-order valence-electron chi connectivity index (χ3n) is 1.78. The molecule has 0 spiro atoms. The van der Waals surface area contributed by atoms with Gasteiger partial charge in [0.25, 0.3) is 0 Å². The van der Waals surface area contributed by atoms with Crippen LogP contribution in [0.25, 0.3) is 5.82 Å². The van der Waals surface area contributed by atoms with Crippen LogP contribution in [0.2, 0.25) is 0 Å². The number of hydrogen-bond acceptors (Lipinski definition) is 4. The van der Waals surface area contributed by atoms with Gasteiger partial charge in [-0.3, -0.25) is 9.97 Å². The SMILES string of the molecule is O=c1[nH]c(=O)n(-c2cccc(Br)n2)c(=O)[nH]1. The van der Waals surface area contributed by atoms with Crippen LogP contribution in [0.5, 0.6) is 0 Å². The van der Waals surface area contributed by atoms with Gasteiger partial charge in [-0.25, -0.2) is 19.4 Å². The number of hydrogen-bond donors (Lipinski definition) is 2. The monoisotopic (exact) mass is 284 g/mol. The van der Waals surface area contributed by atoms with Crippen molar-refractivity contribution in [1.82, 2.24) is 19.5 Å². The Kier molecular flexibility index (Phi) is 2.57. The van der Waals surface area contributed by atoms with Gasteiger partial charge in [0.15, 0.2) is 0 Å². The maximum absolute atomic E-state index is 11.4. The molecule has 0 fully saturated rings. The summed E-state index contributed by atoms with van der Waals surface area (Å²) >= 11 is 3.11. The molecule has 0 amide bonds. The topological polar surface area (TPSA) is 101 Å². The third-order valence-corrected chi connectivity index (χ3v) is 2.22. The fourth-order valence-electron chi connectivity index (χ4n) is 1.16. The smallest absolute Gasteiger partial charge is 0.258 e. The van der Waals surface area contributed by atoms with E-state index in [4.69, 9.17) is 0 Å². The highest BCUT2D eigenvalue weighted by Crippen LogP contribution is 2.06. The molecule has 2 N–H and O–H groups in total. The van der Waals surface area contributed by atoms with E-state index in [1.165, 1.54) is 6.07 Å². The largest absolute Gasteiger partial charge is 0.339 e. The molecular weight excluding hydrogens is 280 g/mol. The predicted molar refractivity (Wildman–Crippen MR) is 58.8 cm³/mol. The van der Waals surface area contributed by atoms with Gasteiger partial charge >= 0.3 is 17.1 Å². The molecule has 0 saturated carbocycles. The van der Waals surface area contributed by atoms with Gasteiger partial charge in [-0.2, -0.15) is 4.57 Å². The minimum atomic E-state index is -0.846. The van der Waals surface area contributed by atoms with Crippen molar-refractivity contribution in [3.8, 4) is 5.82 Å². The number of nitrogens with one attached hydrogen (secondary N) is 2. The second-order valence-corrected chi connectivity index (χ2v) is 3.66. The van der Waals surface area contributed by atoms with E-state index in [1.54, 1.807) is 12.1 Å². The molecule has 0 bridgehead atoms. The summed E-state index contributed by atoms with van der Waals surface area (Å²) in [5.74, 6) is 0.122. The molecule has 7 nitrogen and oxygen atoms in total. The highest BCUT2D eigenvalue weighted by molar-refractivity contribution is 9.10. The maximum Gasteiger partial charge on any atom is 0.339 e. The van der Waals surface area contributed by atoms with E-state index in [1.807, 2.05) is 9.97 Å². The molecule has 8 heteroatoms. The van der Waals surface area contributed by atoms with Crippen LogP contribution in [-0.2, 0) is 0 Å². The zero-order valence-corrected chi connectivity index (χ0v) is 9.32. The Morgan fingerprint density at radius 1 is 1.12 bits per heavy atom. The van der Waals surface area contributed by atoms with Gasteiger partial charge in [-0.1, -0.05) is 6.07 Å². The van der Waals surface area contributed by atoms with Crippen LogP contribution >= 0.6 is 15.9 Å². The van der Waals surface area contributed by atoms with Crippen LogP contribution in [0.15, 0.2) is 37.2 Å². The average molecular weight is 285 g/mol. The lowest BCUT2D eigenvalue weighted by Crippen LogP contribution is -2.42. The van der Waals surface area contributed by atoms with E-state index >= 15 is 0 Å². The van der Waals surface area contributed by atoms with Crippen molar-refractivity contribution >= 4 is 15.9 Å². The molecule has 0 aliphatic carbocycles. The Balaban J connectivity index is 2.80. The van der Waals surface area contributed by atoms with Crippen molar-refractivity contribution in [1.29, 1.82) is 0 Å². The number of aromatic nitrogens is 4. The Morgan fingerprint density at radius 2 is 1.75 bits per heavy atom. The van der Waals surface area contributed by atoms with E-state index in [0.29, 0.717) is 4.60 Å². The second kappa shape index (κ2) is 3.89. The second-order valence-electron chi connectivity index (χ2n) is 2.84. The average Bonchev–Trinajstić information content (AvgIpc) is 2.15. The number of halogens is 1. The maximum atomic E-state index is 11.4. The summed E-state index contributed by atoms with van der Waals surface area (Å²) in [6.07, 6.45) is 0. The molecule has 0 aliphatic rings. The van der Waals surface area contributed by atoms with Gasteiger partial charge in [-0.15, -0.1) is 0 Å². The number of H-pyrrole nitrogens is 2. The van der Waals surface area contributed by atoms with E-state index in [-0.39, 0.29) is 5.82 Å². The molecule has 0 aromatic carbocycles. The van der Waals surface area contributed by atoms with Crippen molar-refractivity contribution in [3.05, 3.63) is 54.3 Å². The Labute approximate surface area is 95.9 Å². The molecule has 0 unspecified atom stereocenters. The molecule has 2 heterocycles. The molecule has 0 saturated heterocycles. The zero-order chi connectivity index (χ0) is 11.7. The molecule has 82 valence electrons. The van der Waals surface area contributed by atoms with Crippen LogP contribution in [0.4, 0.5) is 0 Å². The highest BCUT2D eigenvalue weighted by atomic mass is 79.9. The van der Waals surface area contributed by atoms with Gasteiger partial charge in [0.1, 0.15) is 10.4 Å². The van der Waals surface area contributed by atoms with E-state index in [9.17, 15) is 14.4 Å². The van der Waals surface area contributed by atoms with Crippen molar-refractivity contribution in [2.24, 2.45) is 0 Å². The van der Waals surface area contributed by atoms with Gasteiger partial charge in [0.05, 0.1) is 0 Å². The first-order valence-corrected chi connectivity index (χ1v) is 4.96. The lowest BCUT2D eigenvalue weighted by molar-refractivity contribution is 0.765. The minimum absolute atomic E-state index is 0.122. The molecule has 0 radical (unpaired) electrons. The number of pyridine rings is 1. The fraction of sp³-hybridized carbons (Fsp3) is 0. The van der Waals surface area contributed by atoms with Gasteiger partial charge in [0.2, 0.25) is 0 Å². The Bertz CT molecular complexity index is 665. The highest BCUT2D eigenvalue weighted by Gasteiger charge is 2.06. The molecule has 16 heavy (non-hydrogen) atoms. The molecule has 2 rings (SSSR count). The first kappa shape index (κ1) is 10.6. The predicted octanol–water partition coefficient (Wildman–Crippen LogP) is -0.628. The van der Waals surface area contributed by atoms with Gasteiger partial charge in [-0.05, 0) is 28.1 Å². The summed E-state index contributed by atoms with van der Waals surface area (Å²) in [5, 5.41) is 0. The fourth-order valence-corrected chi connectivity index (χ4v) is 1.49. The molecule has 0 aliphatic heterocycles. The summed E-state index contributed by atoms with van der Waals surface area (Å²) in [4.78, 5) is 41.4. The van der Waals surface area contributed by atoms with Gasteiger partial charge in [0, 0.05) is 0 Å². The van der Waals surface area contributed by atoms with Crippen molar-refractivity contribution in [3.63, 3.8) is 0 Å². The van der Waals surface area contributed by atoms with Crippen LogP contribution in [0.3, 0.4) is 0 Å². The quantitative estimate of drug-likeness (QED) is 0.681. The number of rotatable bonds is 1. The third kappa shape index (κ3) is 1.87.